The molecular weight excluding hydrogens is 114 g/mol. The number of allylic oxidation sites excluding steroid dienone is 2. The molecule has 0 amide bonds. The number of rotatable bonds is 4. The Labute approximate surface area is 55.8 Å². The number of ketones is 1. The van der Waals surface area contributed by atoms with Crippen molar-refractivity contribution in [1.82, 2.24) is 6.15 Å². The highest BCUT2D eigenvalue weighted by atomic mass is 16.1. The molecule has 0 unspecified atom stereocenters. The molecule has 0 saturated carbocycles. The minimum absolute atomic E-state index is 0. The smallest absolute Gasteiger partial charge is 0.140 e. The summed E-state index contributed by atoms with van der Waals surface area (Å²) in [4.78, 5) is 10.5. The number of hydrogen-bond donors (Lipinski definition) is 1. The molecule has 2 nitrogen and oxygen atoms in total. The minimum atomic E-state index is 0. The predicted octanol–water partition coefficient (Wildman–Crippen LogP) is 1.87. The lowest BCUT2D eigenvalue weighted by atomic mass is 10.2. The summed E-state index contributed by atoms with van der Waals surface area (Å²) >= 11 is 0. The molecule has 0 heterocycles. The quantitative estimate of drug-likeness (QED) is 0.586. The van der Waals surface area contributed by atoms with E-state index in [4.69, 9.17) is 0 Å². The first kappa shape index (κ1) is 11.0. The van der Waals surface area contributed by atoms with Gasteiger partial charge >= 0.3 is 0 Å². The Morgan fingerprint density at radius 1 is 1.22 bits per heavy atom. The Balaban J connectivity index is 0. The van der Waals surface area contributed by atoms with Crippen LogP contribution in [0.2, 0.25) is 0 Å². The summed E-state index contributed by atoms with van der Waals surface area (Å²) in [6.07, 6.45) is 4.13. The fourth-order valence-corrected chi connectivity index (χ4v) is 0.405. The van der Waals surface area contributed by atoms with Crippen molar-refractivity contribution in [2.75, 3.05) is 0 Å². The fourth-order valence-electron chi connectivity index (χ4n) is 0.405. The second-order valence-corrected chi connectivity index (χ2v) is 1.52. The molecule has 0 aliphatic heterocycles. The Bertz CT molecular complexity index is 95.5. The van der Waals surface area contributed by atoms with E-state index < -0.39 is 0 Å². The van der Waals surface area contributed by atoms with Gasteiger partial charge in [0.2, 0.25) is 0 Å². The lowest BCUT2D eigenvalue weighted by Crippen LogP contribution is -1.90. The molecule has 0 saturated heterocycles. The van der Waals surface area contributed by atoms with Crippen molar-refractivity contribution >= 4 is 5.78 Å². The van der Waals surface area contributed by atoms with Crippen LogP contribution in [0.25, 0.3) is 0 Å². The highest BCUT2D eigenvalue weighted by Crippen LogP contribution is 1.89. The summed E-state index contributed by atoms with van der Waals surface area (Å²) in [6, 6.07) is 0. The average molecular weight is 127 g/mol. The maximum atomic E-state index is 10.5. The number of Topliss-reactive ketones (excluding diaryl/α,β-unsaturated/α-hetero) is 1. The maximum absolute atomic E-state index is 10.5. The minimum Gasteiger partial charge on any atom is -0.344 e. The molecule has 0 aliphatic rings. The van der Waals surface area contributed by atoms with E-state index in [-0.39, 0.29) is 11.9 Å². The topological polar surface area (TPSA) is 52.1 Å². The molecular formula is C7H13NO. The van der Waals surface area contributed by atoms with Gasteiger partial charge in [0.25, 0.3) is 0 Å². The summed E-state index contributed by atoms with van der Waals surface area (Å²) in [6.45, 7) is 6.86. The van der Waals surface area contributed by atoms with Crippen molar-refractivity contribution in [3.63, 3.8) is 0 Å². The van der Waals surface area contributed by atoms with Gasteiger partial charge in [-0.15, -0.1) is 13.2 Å². The van der Waals surface area contributed by atoms with Crippen LogP contribution >= 0.6 is 0 Å². The highest BCUT2D eigenvalue weighted by Gasteiger charge is 1.91. The van der Waals surface area contributed by atoms with Gasteiger partial charge in [0, 0.05) is 12.8 Å². The van der Waals surface area contributed by atoms with E-state index in [1.54, 1.807) is 12.2 Å². The van der Waals surface area contributed by atoms with Gasteiger partial charge < -0.3 is 6.15 Å². The van der Waals surface area contributed by atoms with Crippen molar-refractivity contribution in [2.24, 2.45) is 0 Å². The molecule has 3 N–H and O–H groups in total. The molecule has 0 rings (SSSR count). The van der Waals surface area contributed by atoms with Crippen molar-refractivity contribution in [3.8, 4) is 0 Å². The summed E-state index contributed by atoms with van der Waals surface area (Å²) in [5.74, 6) is 0.176. The summed E-state index contributed by atoms with van der Waals surface area (Å²) in [5.41, 5.74) is 0. The average Bonchev–Trinajstić information content (AvgIpc) is 1.68. The van der Waals surface area contributed by atoms with E-state index in [2.05, 4.69) is 13.2 Å². The van der Waals surface area contributed by atoms with Crippen LogP contribution in [0.15, 0.2) is 25.3 Å². The van der Waals surface area contributed by atoms with Crippen LogP contribution in [-0.4, -0.2) is 5.78 Å². The van der Waals surface area contributed by atoms with Gasteiger partial charge in [-0.1, -0.05) is 12.2 Å². The molecule has 0 aromatic carbocycles. The highest BCUT2D eigenvalue weighted by molar-refractivity contribution is 5.80. The molecule has 0 atom stereocenters. The van der Waals surface area contributed by atoms with Crippen LogP contribution in [-0.2, 0) is 4.79 Å². The lowest BCUT2D eigenvalue weighted by molar-refractivity contribution is -0.117. The molecule has 0 bridgehead atoms. The molecule has 0 aromatic rings. The monoisotopic (exact) mass is 127 g/mol. The van der Waals surface area contributed by atoms with Crippen LogP contribution in [0.3, 0.4) is 0 Å². The second kappa shape index (κ2) is 7.11. The van der Waals surface area contributed by atoms with E-state index in [0.717, 1.165) is 0 Å². The zero-order chi connectivity index (χ0) is 6.41. The van der Waals surface area contributed by atoms with Crippen LogP contribution in [0, 0.1) is 0 Å². The normalized spacial score (nSPS) is 7.11. The first-order valence-corrected chi connectivity index (χ1v) is 2.54. The zero-order valence-corrected chi connectivity index (χ0v) is 5.60. The Morgan fingerprint density at radius 2 is 1.56 bits per heavy atom. The molecule has 9 heavy (non-hydrogen) atoms. The van der Waals surface area contributed by atoms with E-state index in [9.17, 15) is 4.79 Å². The second-order valence-electron chi connectivity index (χ2n) is 1.52. The first-order chi connectivity index (χ1) is 3.81. The van der Waals surface area contributed by atoms with Gasteiger partial charge in [0.05, 0.1) is 0 Å². The summed E-state index contributed by atoms with van der Waals surface area (Å²) < 4.78 is 0. The Hall–Kier alpha value is -0.890. The fraction of sp³-hybridized carbons (Fsp3) is 0.286. The molecule has 2 heteroatoms. The Kier molecular flexibility index (Phi) is 8.68. The largest absolute Gasteiger partial charge is 0.344 e. The van der Waals surface area contributed by atoms with Crippen LogP contribution < -0.4 is 6.15 Å². The zero-order valence-electron chi connectivity index (χ0n) is 5.60. The predicted molar refractivity (Wildman–Crippen MR) is 39.7 cm³/mol. The molecule has 0 fully saturated rings. The van der Waals surface area contributed by atoms with Crippen molar-refractivity contribution < 1.29 is 4.79 Å². The van der Waals surface area contributed by atoms with Crippen molar-refractivity contribution in [3.05, 3.63) is 25.3 Å². The first-order valence-electron chi connectivity index (χ1n) is 2.54. The maximum Gasteiger partial charge on any atom is 0.140 e. The van der Waals surface area contributed by atoms with Crippen LogP contribution in [0.5, 0.6) is 0 Å². The molecule has 52 valence electrons. The number of hydrogen-bond acceptors (Lipinski definition) is 2. The molecule has 0 aromatic heterocycles. The Morgan fingerprint density at radius 3 is 1.78 bits per heavy atom. The summed E-state index contributed by atoms with van der Waals surface area (Å²) in [5, 5.41) is 0. The number of carbonyl (C=O) groups is 1. The SMILES string of the molecule is C=CCC(=O)CC=C.N. The van der Waals surface area contributed by atoms with Gasteiger partial charge in [0.15, 0.2) is 0 Å². The van der Waals surface area contributed by atoms with Gasteiger partial charge in [0.1, 0.15) is 5.78 Å². The van der Waals surface area contributed by atoms with Crippen molar-refractivity contribution in [1.29, 1.82) is 0 Å². The van der Waals surface area contributed by atoms with Crippen LogP contribution in [0.4, 0.5) is 0 Å². The molecule has 0 radical (unpaired) electrons. The lowest BCUT2D eigenvalue weighted by Gasteiger charge is -1.85. The van der Waals surface area contributed by atoms with E-state index in [0.29, 0.717) is 12.8 Å². The van der Waals surface area contributed by atoms with E-state index in [1.807, 2.05) is 0 Å². The van der Waals surface area contributed by atoms with Crippen LogP contribution in [0.1, 0.15) is 12.8 Å². The van der Waals surface area contributed by atoms with E-state index in [1.165, 1.54) is 0 Å². The third-order valence-corrected chi connectivity index (χ3v) is 0.744. The van der Waals surface area contributed by atoms with E-state index >= 15 is 0 Å². The third kappa shape index (κ3) is 7.11. The van der Waals surface area contributed by atoms with Gasteiger partial charge in [-0.05, 0) is 0 Å². The molecule has 0 aliphatic carbocycles. The summed E-state index contributed by atoms with van der Waals surface area (Å²) in [7, 11) is 0. The third-order valence-electron chi connectivity index (χ3n) is 0.744. The van der Waals surface area contributed by atoms with Gasteiger partial charge in [-0.25, -0.2) is 0 Å². The van der Waals surface area contributed by atoms with Crippen molar-refractivity contribution in [2.45, 2.75) is 12.8 Å². The van der Waals surface area contributed by atoms with Gasteiger partial charge in [-0.3, -0.25) is 4.79 Å². The standard InChI is InChI=1S/C7H10O.H3N/c1-3-5-7(8)6-4-2;/h3-4H,1-2,5-6H2;1H3. The van der Waals surface area contributed by atoms with Gasteiger partial charge in [-0.2, -0.15) is 0 Å². The molecule has 0 spiro atoms. The number of carbonyl (C=O) groups excluding carboxylic acids is 1.